The lowest BCUT2D eigenvalue weighted by molar-refractivity contribution is -0.132. The number of carbonyl (C=O) groups is 1. The number of amides is 1. The predicted octanol–water partition coefficient (Wildman–Crippen LogP) is 5.95. The second-order valence-electron chi connectivity index (χ2n) is 12.9. The van der Waals surface area contributed by atoms with E-state index in [0.29, 0.717) is 23.3 Å². The van der Waals surface area contributed by atoms with Crippen LogP contribution in [-0.4, -0.2) is 48.4 Å². The van der Waals surface area contributed by atoms with Gasteiger partial charge in [-0.1, -0.05) is 48.9 Å². The van der Waals surface area contributed by atoms with E-state index in [2.05, 4.69) is 48.9 Å². The molecule has 5 aliphatic rings. The minimum Gasteiger partial charge on any atom is -0.342 e. The molecule has 1 aliphatic heterocycles. The molecule has 1 aromatic rings. The van der Waals surface area contributed by atoms with Crippen LogP contribution in [0.5, 0.6) is 0 Å². The van der Waals surface area contributed by atoms with Crippen LogP contribution in [0, 0.1) is 34.5 Å². The van der Waals surface area contributed by atoms with Gasteiger partial charge in [-0.25, -0.2) is 0 Å². The van der Waals surface area contributed by atoms with E-state index < -0.39 is 0 Å². The van der Waals surface area contributed by atoms with E-state index in [0.717, 1.165) is 48.1 Å². The Morgan fingerprint density at radius 3 is 2.62 bits per heavy atom. The molecule has 0 N–H and O–H groups in total. The van der Waals surface area contributed by atoms with Gasteiger partial charge < -0.3 is 9.80 Å². The zero-order valence-electron chi connectivity index (χ0n) is 21.8. The first-order valence-electron chi connectivity index (χ1n) is 14.0. The molecule has 3 heteroatoms. The lowest BCUT2D eigenvalue weighted by Crippen LogP contribution is -2.53. The summed E-state index contributed by atoms with van der Waals surface area (Å²) in [5, 5.41) is 0. The molecule has 1 saturated heterocycles. The number of allylic oxidation sites excluding steroid dienone is 1. The highest BCUT2D eigenvalue weighted by atomic mass is 16.2. The molecule has 8 atom stereocenters. The first-order chi connectivity index (χ1) is 16.3. The third-order valence-corrected chi connectivity index (χ3v) is 11.8. The van der Waals surface area contributed by atoms with Crippen LogP contribution in [0.2, 0.25) is 0 Å². The van der Waals surface area contributed by atoms with Gasteiger partial charge in [-0.15, -0.1) is 0 Å². The Bertz CT molecular complexity index is 971. The number of nitrogens with zero attached hydrogens (tertiary/aromatic N) is 2. The summed E-state index contributed by atoms with van der Waals surface area (Å²) in [4.78, 5) is 17.8. The number of fused-ring (bicyclic) bond motifs is 4. The van der Waals surface area contributed by atoms with E-state index in [9.17, 15) is 4.79 Å². The van der Waals surface area contributed by atoms with Gasteiger partial charge in [0.05, 0.1) is 6.42 Å². The Hall–Kier alpha value is -1.61. The molecule has 1 amide bonds. The van der Waals surface area contributed by atoms with Crippen LogP contribution in [0.1, 0.15) is 70.8 Å². The van der Waals surface area contributed by atoms with Gasteiger partial charge in [-0.2, -0.15) is 0 Å². The Balaban J connectivity index is 1.18. The highest BCUT2D eigenvalue weighted by molar-refractivity contribution is 5.78. The molecular formula is C31H44N2O. The quantitative estimate of drug-likeness (QED) is 0.521. The predicted molar refractivity (Wildman–Crippen MR) is 138 cm³/mol. The Kier molecular flexibility index (Phi) is 5.52. The standard InChI is InChI=1S/C31H44N2O/c1-21-26-12-13-28-25-11-10-23-19-24(33(4)29(34)18-22-8-6-5-7-9-22)14-16-30(23,2)27(25)15-17-31(26,28)20-32(21)3/h5-10,21,24-28H,11-20H2,1-4H3/t21-,24-,25+,26+,27?,28-,30-,31-/m0/s1. The zero-order valence-corrected chi connectivity index (χ0v) is 21.8. The Labute approximate surface area is 207 Å². The van der Waals surface area contributed by atoms with Crippen molar-refractivity contribution in [3.8, 4) is 0 Å². The summed E-state index contributed by atoms with van der Waals surface area (Å²) in [6.45, 7) is 6.44. The number of benzene rings is 1. The van der Waals surface area contributed by atoms with Crippen molar-refractivity contribution in [3.63, 3.8) is 0 Å². The second kappa shape index (κ2) is 8.22. The minimum absolute atomic E-state index is 0.269. The molecule has 34 heavy (non-hydrogen) atoms. The number of carbonyl (C=O) groups excluding carboxylic acids is 1. The highest BCUT2D eigenvalue weighted by Crippen LogP contribution is 2.68. The number of likely N-dealkylation sites (N-methyl/N-ethyl adjacent to an activating group) is 1. The lowest BCUT2D eigenvalue weighted by atomic mass is 9.47. The average molecular weight is 461 g/mol. The van der Waals surface area contributed by atoms with E-state index in [1.165, 1.54) is 45.1 Å². The van der Waals surface area contributed by atoms with Crippen LogP contribution >= 0.6 is 0 Å². The molecule has 6 rings (SSSR count). The number of hydrogen-bond donors (Lipinski definition) is 0. The molecule has 0 bridgehead atoms. The summed E-state index contributed by atoms with van der Waals surface area (Å²) in [5.41, 5.74) is 3.78. The maximum absolute atomic E-state index is 13.1. The largest absolute Gasteiger partial charge is 0.342 e. The van der Waals surface area contributed by atoms with Crippen molar-refractivity contribution in [2.45, 2.75) is 83.7 Å². The van der Waals surface area contributed by atoms with Gasteiger partial charge in [0.2, 0.25) is 5.91 Å². The van der Waals surface area contributed by atoms with Crippen molar-refractivity contribution < 1.29 is 4.79 Å². The highest BCUT2D eigenvalue weighted by Gasteiger charge is 2.64. The number of likely N-dealkylation sites (tertiary alicyclic amines) is 1. The van der Waals surface area contributed by atoms with Crippen LogP contribution in [0.25, 0.3) is 0 Å². The van der Waals surface area contributed by atoms with E-state index in [4.69, 9.17) is 0 Å². The van der Waals surface area contributed by atoms with Crippen LogP contribution in [0.3, 0.4) is 0 Å². The molecule has 1 spiro atoms. The van der Waals surface area contributed by atoms with Crippen LogP contribution in [-0.2, 0) is 11.2 Å². The summed E-state index contributed by atoms with van der Waals surface area (Å²) in [5.74, 6) is 3.88. The summed E-state index contributed by atoms with van der Waals surface area (Å²) in [6, 6.07) is 11.4. The average Bonchev–Trinajstić information content (AvgIpc) is 3.32. The van der Waals surface area contributed by atoms with E-state index in [-0.39, 0.29) is 5.91 Å². The van der Waals surface area contributed by atoms with Gasteiger partial charge in [0.1, 0.15) is 0 Å². The molecule has 1 unspecified atom stereocenters. The molecule has 4 fully saturated rings. The molecule has 184 valence electrons. The lowest BCUT2D eigenvalue weighted by Gasteiger charge is -2.58. The number of hydrogen-bond acceptors (Lipinski definition) is 2. The minimum atomic E-state index is 0.269. The fraction of sp³-hybridized carbons (Fsp3) is 0.710. The van der Waals surface area contributed by atoms with Gasteiger partial charge in [0.15, 0.2) is 0 Å². The molecule has 1 heterocycles. The zero-order chi connectivity index (χ0) is 23.7. The van der Waals surface area contributed by atoms with Gasteiger partial charge >= 0.3 is 0 Å². The summed E-state index contributed by atoms with van der Waals surface area (Å²) in [7, 11) is 4.42. The molecule has 1 aromatic carbocycles. The number of rotatable bonds is 3. The molecule has 0 aromatic heterocycles. The van der Waals surface area contributed by atoms with Gasteiger partial charge in [0.25, 0.3) is 0 Å². The molecule has 3 saturated carbocycles. The molecule has 3 nitrogen and oxygen atoms in total. The topological polar surface area (TPSA) is 23.6 Å². The van der Waals surface area contributed by atoms with E-state index in [1.54, 1.807) is 5.57 Å². The molecule has 4 aliphatic carbocycles. The fourth-order valence-electron chi connectivity index (χ4n) is 9.87. The van der Waals surface area contributed by atoms with Crippen molar-refractivity contribution in [3.05, 3.63) is 47.5 Å². The Morgan fingerprint density at radius 2 is 1.82 bits per heavy atom. The van der Waals surface area contributed by atoms with E-state index in [1.807, 2.05) is 25.2 Å². The second-order valence-corrected chi connectivity index (χ2v) is 12.9. The van der Waals surface area contributed by atoms with Gasteiger partial charge in [-0.05, 0) is 105 Å². The fourth-order valence-corrected chi connectivity index (χ4v) is 9.87. The maximum atomic E-state index is 13.1. The summed E-state index contributed by atoms with van der Waals surface area (Å²) >= 11 is 0. The third kappa shape index (κ3) is 3.29. The van der Waals surface area contributed by atoms with Crippen LogP contribution < -0.4 is 0 Å². The van der Waals surface area contributed by atoms with Crippen molar-refractivity contribution >= 4 is 5.91 Å². The van der Waals surface area contributed by atoms with Crippen molar-refractivity contribution in [2.75, 3.05) is 20.6 Å². The Morgan fingerprint density at radius 1 is 1.06 bits per heavy atom. The monoisotopic (exact) mass is 460 g/mol. The molecule has 0 radical (unpaired) electrons. The maximum Gasteiger partial charge on any atom is 0.226 e. The van der Waals surface area contributed by atoms with Crippen molar-refractivity contribution in [2.24, 2.45) is 34.5 Å². The van der Waals surface area contributed by atoms with Crippen LogP contribution in [0.4, 0.5) is 0 Å². The van der Waals surface area contributed by atoms with E-state index >= 15 is 0 Å². The SMILES string of the molecule is C[C@H]1[C@H]2CC[C@H]3[C@@H]4CC=C5C[C@@H](N(C)C(=O)Cc6ccccc6)CC[C@]5(C)C4CC[C@]23CN1C. The third-order valence-electron chi connectivity index (χ3n) is 11.8. The molecular weight excluding hydrogens is 416 g/mol. The van der Waals surface area contributed by atoms with Gasteiger partial charge in [-0.3, -0.25) is 4.79 Å². The first kappa shape index (κ1) is 22.8. The summed E-state index contributed by atoms with van der Waals surface area (Å²) in [6.07, 6.45) is 13.8. The first-order valence-corrected chi connectivity index (χ1v) is 14.0. The van der Waals surface area contributed by atoms with Crippen LogP contribution in [0.15, 0.2) is 42.0 Å². The van der Waals surface area contributed by atoms with Gasteiger partial charge in [0, 0.05) is 25.7 Å². The normalized spacial score (nSPS) is 43.4. The van der Waals surface area contributed by atoms with Crippen molar-refractivity contribution in [1.29, 1.82) is 0 Å². The smallest absolute Gasteiger partial charge is 0.226 e. The van der Waals surface area contributed by atoms with Crippen molar-refractivity contribution in [1.82, 2.24) is 9.80 Å². The summed E-state index contributed by atoms with van der Waals surface area (Å²) < 4.78 is 0.